The van der Waals surface area contributed by atoms with Crippen LogP contribution in [0.4, 0.5) is 5.69 Å². The molecule has 2 aromatic rings. The molecule has 0 heterocycles. The molecule has 5 heteroatoms. The lowest BCUT2D eigenvalue weighted by Gasteiger charge is -2.05. The molecule has 2 N–H and O–H groups in total. The Balaban J connectivity index is 1.85. The lowest BCUT2D eigenvalue weighted by atomic mass is 10.2. The van der Waals surface area contributed by atoms with E-state index in [0.29, 0.717) is 13.1 Å². The van der Waals surface area contributed by atoms with Gasteiger partial charge in [0, 0.05) is 25.2 Å². The van der Waals surface area contributed by atoms with Crippen LogP contribution in [0.2, 0.25) is 0 Å². The molecular weight excluding hydrogens is 244 g/mol. The van der Waals surface area contributed by atoms with Gasteiger partial charge in [0.15, 0.2) is 0 Å². The van der Waals surface area contributed by atoms with Crippen molar-refractivity contribution in [2.45, 2.75) is 13.1 Å². The number of rotatable bonds is 5. The zero-order valence-electron chi connectivity index (χ0n) is 10.2. The van der Waals surface area contributed by atoms with E-state index in [4.69, 9.17) is 5.11 Å². The Bertz CT molecular complexity index is 550. The van der Waals surface area contributed by atoms with Gasteiger partial charge >= 0.3 is 0 Å². The first kappa shape index (κ1) is 13.0. The molecule has 2 aromatic carbocycles. The summed E-state index contributed by atoms with van der Waals surface area (Å²) >= 11 is 0. The Labute approximate surface area is 110 Å². The van der Waals surface area contributed by atoms with Crippen LogP contribution in [0.25, 0.3) is 0 Å². The highest BCUT2D eigenvalue weighted by molar-refractivity contribution is 5.32. The van der Waals surface area contributed by atoms with Gasteiger partial charge in [-0.25, -0.2) is 0 Å². The molecule has 98 valence electrons. The Kier molecular flexibility index (Phi) is 4.10. The van der Waals surface area contributed by atoms with Crippen LogP contribution < -0.4 is 5.32 Å². The number of phenols is 1. The summed E-state index contributed by atoms with van der Waals surface area (Å²) in [6.07, 6.45) is 0. The number of hydrogen-bond acceptors (Lipinski definition) is 4. The lowest BCUT2D eigenvalue weighted by Crippen LogP contribution is -2.12. The zero-order valence-corrected chi connectivity index (χ0v) is 10.2. The molecule has 0 aliphatic carbocycles. The SMILES string of the molecule is O=[N+]([O-])c1ccc(CNCc2ccc(O)cc2)cc1. The fourth-order valence-electron chi connectivity index (χ4n) is 1.70. The normalized spacial score (nSPS) is 10.3. The summed E-state index contributed by atoms with van der Waals surface area (Å²) < 4.78 is 0. The minimum Gasteiger partial charge on any atom is -0.508 e. The maximum Gasteiger partial charge on any atom is 0.269 e. The van der Waals surface area contributed by atoms with Crippen molar-refractivity contribution in [1.82, 2.24) is 5.32 Å². The van der Waals surface area contributed by atoms with Crippen LogP contribution in [0.3, 0.4) is 0 Å². The van der Waals surface area contributed by atoms with Crippen molar-refractivity contribution in [1.29, 1.82) is 0 Å². The van der Waals surface area contributed by atoms with E-state index in [1.54, 1.807) is 24.3 Å². The third kappa shape index (κ3) is 3.79. The lowest BCUT2D eigenvalue weighted by molar-refractivity contribution is -0.384. The number of aromatic hydroxyl groups is 1. The summed E-state index contributed by atoms with van der Waals surface area (Å²) in [5.74, 6) is 0.249. The minimum absolute atomic E-state index is 0.0993. The second-order valence-corrected chi connectivity index (χ2v) is 4.19. The van der Waals surface area contributed by atoms with Crippen LogP contribution >= 0.6 is 0 Å². The number of phenolic OH excluding ortho intramolecular Hbond substituents is 1. The maximum absolute atomic E-state index is 10.5. The minimum atomic E-state index is -0.409. The molecule has 0 bridgehead atoms. The van der Waals surface area contributed by atoms with E-state index in [1.807, 2.05) is 12.1 Å². The molecule has 0 saturated heterocycles. The maximum atomic E-state index is 10.5. The average molecular weight is 258 g/mol. The molecule has 0 aliphatic heterocycles. The summed E-state index contributed by atoms with van der Waals surface area (Å²) in [5.41, 5.74) is 2.16. The van der Waals surface area contributed by atoms with Crippen LogP contribution in [0, 0.1) is 10.1 Å². The van der Waals surface area contributed by atoms with Crippen molar-refractivity contribution < 1.29 is 10.0 Å². The standard InChI is InChI=1S/C14H14N2O3/c17-14-7-3-12(4-8-14)10-15-9-11-1-5-13(6-2-11)16(18)19/h1-8,15,17H,9-10H2. The third-order valence-corrected chi connectivity index (χ3v) is 2.74. The highest BCUT2D eigenvalue weighted by Gasteiger charge is 2.03. The van der Waals surface area contributed by atoms with Gasteiger partial charge in [-0.15, -0.1) is 0 Å². The van der Waals surface area contributed by atoms with Gasteiger partial charge in [0.05, 0.1) is 4.92 Å². The average Bonchev–Trinajstić information content (AvgIpc) is 2.41. The van der Waals surface area contributed by atoms with Crippen LogP contribution in [0.1, 0.15) is 11.1 Å². The second-order valence-electron chi connectivity index (χ2n) is 4.19. The third-order valence-electron chi connectivity index (χ3n) is 2.74. The van der Waals surface area contributed by atoms with E-state index in [-0.39, 0.29) is 11.4 Å². The fraction of sp³-hybridized carbons (Fsp3) is 0.143. The number of non-ortho nitro benzene ring substituents is 1. The van der Waals surface area contributed by atoms with Gasteiger partial charge in [0.2, 0.25) is 0 Å². The topological polar surface area (TPSA) is 75.4 Å². The van der Waals surface area contributed by atoms with Gasteiger partial charge < -0.3 is 10.4 Å². The Morgan fingerprint density at radius 2 is 1.42 bits per heavy atom. The van der Waals surface area contributed by atoms with E-state index in [9.17, 15) is 10.1 Å². The highest BCUT2D eigenvalue weighted by atomic mass is 16.6. The molecule has 0 aromatic heterocycles. The Morgan fingerprint density at radius 1 is 0.947 bits per heavy atom. The van der Waals surface area contributed by atoms with Gasteiger partial charge in [-0.2, -0.15) is 0 Å². The molecule has 0 aliphatic rings. The van der Waals surface area contributed by atoms with E-state index < -0.39 is 4.92 Å². The van der Waals surface area contributed by atoms with Gasteiger partial charge in [0.25, 0.3) is 5.69 Å². The first-order valence-electron chi connectivity index (χ1n) is 5.87. The van der Waals surface area contributed by atoms with Crippen molar-refractivity contribution in [3.63, 3.8) is 0 Å². The number of benzene rings is 2. The molecule has 0 atom stereocenters. The summed E-state index contributed by atoms with van der Waals surface area (Å²) in [6.45, 7) is 1.32. The summed E-state index contributed by atoms with van der Waals surface area (Å²) in [4.78, 5) is 10.1. The van der Waals surface area contributed by atoms with E-state index in [2.05, 4.69) is 5.32 Å². The molecule has 0 radical (unpaired) electrons. The molecule has 0 amide bonds. The molecule has 0 spiro atoms. The number of nitrogens with one attached hydrogen (secondary N) is 1. The molecule has 5 nitrogen and oxygen atoms in total. The van der Waals surface area contributed by atoms with Crippen molar-refractivity contribution >= 4 is 5.69 Å². The predicted molar refractivity (Wildman–Crippen MR) is 71.7 cm³/mol. The molecule has 2 rings (SSSR count). The smallest absolute Gasteiger partial charge is 0.269 e. The van der Waals surface area contributed by atoms with Crippen molar-refractivity contribution in [3.8, 4) is 5.75 Å². The molecule has 0 saturated carbocycles. The largest absolute Gasteiger partial charge is 0.508 e. The first-order valence-corrected chi connectivity index (χ1v) is 5.87. The molecule has 0 fully saturated rings. The summed E-state index contributed by atoms with van der Waals surface area (Å²) in [5, 5.41) is 22.9. The van der Waals surface area contributed by atoms with Gasteiger partial charge in [-0.05, 0) is 23.3 Å². The summed E-state index contributed by atoms with van der Waals surface area (Å²) in [6, 6.07) is 13.4. The predicted octanol–water partition coefficient (Wildman–Crippen LogP) is 2.59. The van der Waals surface area contributed by atoms with Crippen molar-refractivity contribution in [3.05, 3.63) is 69.8 Å². The Morgan fingerprint density at radius 3 is 1.89 bits per heavy atom. The van der Waals surface area contributed by atoms with E-state index in [0.717, 1.165) is 11.1 Å². The van der Waals surface area contributed by atoms with E-state index >= 15 is 0 Å². The van der Waals surface area contributed by atoms with Crippen LogP contribution in [-0.2, 0) is 13.1 Å². The monoisotopic (exact) mass is 258 g/mol. The summed E-state index contributed by atoms with van der Waals surface area (Å²) in [7, 11) is 0. The van der Waals surface area contributed by atoms with Crippen LogP contribution in [-0.4, -0.2) is 10.0 Å². The van der Waals surface area contributed by atoms with E-state index in [1.165, 1.54) is 12.1 Å². The number of hydrogen-bond donors (Lipinski definition) is 2. The fourth-order valence-corrected chi connectivity index (χ4v) is 1.70. The van der Waals surface area contributed by atoms with Gasteiger partial charge in [0.1, 0.15) is 5.75 Å². The molecule has 19 heavy (non-hydrogen) atoms. The van der Waals surface area contributed by atoms with Gasteiger partial charge in [-0.1, -0.05) is 24.3 Å². The quantitative estimate of drug-likeness (QED) is 0.638. The zero-order chi connectivity index (χ0) is 13.7. The molecule has 0 unspecified atom stereocenters. The highest BCUT2D eigenvalue weighted by Crippen LogP contribution is 2.12. The van der Waals surface area contributed by atoms with Crippen molar-refractivity contribution in [2.75, 3.05) is 0 Å². The Hall–Kier alpha value is -2.40. The van der Waals surface area contributed by atoms with Crippen LogP contribution in [0.15, 0.2) is 48.5 Å². The number of nitro benzene ring substituents is 1. The second kappa shape index (κ2) is 5.97. The number of nitro groups is 1. The molecular formula is C14H14N2O3. The van der Waals surface area contributed by atoms with Crippen molar-refractivity contribution in [2.24, 2.45) is 0 Å². The first-order chi connectivity index (χ1) is 9.15. The van der Waals surface area contributed by atoms with Crippen LogP contribution in [0.5, 0.6) is 5.75 Å². The van der Waals surface area contributed by atoms with Gasteiger partial charge in [-0.3, -0.25) is 10.1 Å². The number of nitrogens with zero attached hydrogens (tertiary/aromatic N) is 1.